The molecule has 0 fully saturated rings. The van der Waals surface area contributed by atoms with Gasteiger partial charge in [0.05, 0.1) is 5.56 Å². The number of hydrogen-bond acceptors (Lipinski definition) is 3. The minimum absolute atomic E-state index is 0.0370. The van der Waals surface area contributed by atoms with Crippen molar-refractivity contribution in [3.63, 3.8) is 0 Å². The largest absolute Gasteiger partial charge is 0.454 e. The number of Topliss-reactive ketones (excluding diaryl/α,β-unsaturated/α-hetero) is 1. The van der Waals surface area contributed by atoms with E-state index in [1.165, 1.54) is 0 Å². The highest BCUT2D eigenvalue weighted by molar-refractivity contribution is 5.92. The second-order valence-corrected chi connectivity index (χ2v) is 4.05. The molecule has 1 rings (SSSR count). The molecule has 0 radical (unpaired) electrons. The summed E-state index contributed by atoms with van der Waals surface area (Å²) in [5.74, 6) is -0.506. The number of esters is 1. The number of unbranched alkanes of at least 4 members (excludes halogenated alkanes) is 1. The van der Waals surface area contributed by atoms with Gasteiger partial charge in [0.15, 0.2) is 5.78 Å². The number of benzene rings is 1. The Bertz CT molecular complexity index is 435. The molecule has 0 amide bonds. The van der Waals surface area contributed by atoms with Crippen LogP contribution in [0.5, 0.6) is 0 Å². The molecule has 0 aliphatic rings. The normalized spacial score (nSPS) is 9.83. The van der Waals surface area contributed by atoms with Crippen molar-refractivity contribution in [3.8, 4) is 0 Å². The highest BCUT2D eigenvalue weighted by Crippen LogP contribution is 2.08. The highest BCUT2D eigenvalue weighted by atomic mass is 16.5. The van der Waals surface area contributed by atoms with Gasteiger partial charge in [0.2, 0.25) is 0 Å². The maximum absolute atomic E-state index is 11.7. The Labute approximate surface area is 107 Å². The Morgan fingerprint density at radius 2 is 2.17 bits per heavy atom. The van der Waals surface area contributed by atoms with E-state index in [2.05, 4.69) is 6.58 Å². The van der Waals surface area contributed by atoms with E-state index in [0.717, 1.165) is 18.4 Å². The molecule has 0 saturated carbocycles. The van der Waals surface area contributed by atoms with E-state index in [4.69, 9.17) is 4.74 Å². The number of rotatable bonds is 7. The minimum Gasteiger partial charge on any atom is -0.454 e. The van der Waals surface area contributed by atoms with Gasteiger partial charge in [-0.05, 0) is 24.1 Å². The van der Waals surface area contributed by atoms with Crippen molar-refractivity contribution in [2.75, 3.05) is 6.61 Å². The zero-order valence-corrected chi connectivity index (χ0v) is 10.6. The van der Waals surface area contributed by atoms with Crippen LogP contribution >= 0.6 is 0 Å². The van der Waals surface area contributed by atoms with Crippen LogP contribution in [0.25, 0.3) is 6.08 Å². The van der Waals surface area contributed by atoms with Crippen molar-refractivity contribution in [2.45, 2.75) is 26.2 Å². The average Bonchev–Trinajstić information content (AvgIpc) is 2.42. The van der Waals surface area contributed by atoms with Crippen molar-refractivity contribution >= 4 is 17.8 Å². The van der Waals surface area contributed by atoms with Gasteiger partial charge in [-0.15, -0.1) is 0 Å². The monoisotopic (exact) mass is 246 g/mol. The molecule has 3 heteroatoms. The van der Waals surface area contributed by atoms with E-state index in [1.54, 1.807) is 24.3 Å². The Kier molecular flexibility index (Phi) is 5.85. The lowest BCUT2D eigenvalue weighted by Crippen LogP contribution is -2.13. The van der Waals surface area contributed by atoms with Gasteiger partial charge in [0.1, 0.15) is 6.61 Å². The summed E-state index contributed by atoms with van der Waals surface area (Å²) >= 11 is 0. The molecule has 0 saturated heterocycles. The SMILES string of the molecule is C=Cc1cccc(C(=O)OCC(=O)CCCC)c1. The smallest absolute Gasteiger partial charge is 0.338 e. The van der Waals surface area contributed by atoms with Gasteiger partial charge in [-0.1, -0.05) is 38.1 Å². The topological polar surface area (TPSA) is 43.4 Å². The number of carbonyl (C=O) groups is 2. The van der Waals surface area contributed by atoms with Crippen molar-refractivity contribution in [1.82, 2.24) is 0 Å². The van der Waals surface area contributed by atoms with Crippen LogP contribution in [0.4, 0.5) is 0 Å². The van der Waals surface area contributed by atoms with Gasteiger partial charge in [-0.25, -0.2) is 4.79 Å². The number of ketones is 1. The molecule has 0 N–H and O–H groups in total. The van der Waals surface area contributed by atoms with Crippen molar-refractivity contribution in [3.05, 3.63) is 42.0 Å². The van der Waals surface area contributed by atoms with Crippen molar-refractivity contribution < 1.29 is 14.3 Å². The standard InChI is InChI=1S/C15H18O3/c1-3-5-9-14(16)11-18-15(17)13-8-6-7-12(4-2)10-13/h4,6-8,10H,2-3,5,9,11H2,1H3. The van der Waals surface area contributed by atoms with Gasteiger partial charge in [-0.3, -0.25) is 4.79 Å². The molecule has 1 aromatic carbocycles. The summed E-state index contributed by atoms with van der Waals surface area (Å²) in [5.41, 5.74) is 1.29. The van der Waals surface area contributed by atoms with Gasteiger partial charge in [-0.2, -0.15) is 0 Å². The van der Waals surface area contributed by atoms with Crippen LogP contribution in [0, 0.1) is 0 Å². The van der Waals surface area contributed by atoms with E-state index in [9.17, 15) is 9.59 Å². The van der Waals surface area contributed by atoms with E-state index in [0.29, 0.717) is 12.0 Å². The molecule has 96 valence electrons. The second kappa shape index (κ2) is 7.43. The molecule has 0 aliphatic carbocycles. The lowest BCUT2D eigenvalue weighted by molar-refractivity contribution is -0.122. The molecule has 0 aromatic heterocycles. The van der Waals surface area contributed by atoms with Crippen LogP contribution in [0.15, 0.2) is 30.8 Å². The molecule has 0 aliphatic heterocycles. The number of hydrogen-bond donors (Lipinski definition) is 0. The van der Waals surface area contributed by atoms with E-state index in [-0.39, 0.29) is 12.4 Å². The summed E-state index contributed by atoms with van der Waals surface area (Å²) < 4.78 is 4.96. The maximum Gasteiger partial charge on any atom is 0.338 e. The highest BCUT2D eigenvalue weighted by Gasteiger charge is 2.09. The fourth-order valence-corrected chi connectivity index (χ4v) is 1.47. The first kappa shape index (κ1) is 14.2. The summed E-state index contributed by atoms with van der Waals surface area (Å²) in [7, 11) is 0. The molecular formula is C15H18O3. The zero-order valence-electron chi connectivity index (χ0n) is 10.6. The Balaban J connectivity index is 2.49. The van der Waals surface area contributed by atoms with Gasteiger partial charge in [0, 0.05) is 6.42 Å². The molecule has 0 spiro atoms. The first-order valence-electron chi connectivity index (χ1n) is 6.08. The van der Waals surface area contributed by atoms with Crippen LogP contribution in [0.1, 0.15) is 42.1 Å². The first-order chi connectivity index (χ1) is 8.67. The summed E-state index contributed by atoms with van der Waals surface area (Å²) in [4.78, 5) is 23.0. The molecular weight excluding hydrogens is 228 g/mol. The molecule has 0 heterocycles. The third kappa shape index (κ3) is 4.53. The lowest BCUT2D eigenvalue weighted by Gasteiger charge is -2.04. The summed E-state index contributed by atoms with van der Waals surface area (Å²) in [6.45, 7) is 5.51. The summed E-state index contributed by atoms with van der Waals surface area (Å²) in [6, 6.07) is 6.94. The lowest BCUT2D eigenvalue weighted by atomic mass is 10.1. The Morgan fingerprint density at radius 3 is 2.83 bits per heavy atom. The second-order valence-electron chi connectivity index (χ2n) is 4.05. The Hall–Kier alpha value is -1.90. The van der Waals surface area contributed by atoms with Gasteiger partial charge in [0.25, 0.3) is 0 Å². The average molecular weight is 246 g/mol. The van der Waals surface area contributed by atoms with Crippen molar-refractivity contribution in [2.24, 2.45) is 0 Å². The first-order valence-corrected chi connectivity index (χ1v) is 6.08. The van der Waals surface area contributed by atoms with Crippen LogP contribution < -0.4 is 0 Å². The van der Waals surface area contributed by atoms with Crippen LogP contribution in [0.2, 0.25) is 0 Å². The molecule has 0 unspecified atom stereocenters. The van der Waals surface area contributed by atoms with Crippen molar-refractivity contribution in [1.29, 1.82) is 0 Å². The molecule has 0 atom stereocenters. The third-order valence-corrected chi connectivity index (χ3v) is 2.53. The molecule has 18 heavy (non-hydrogen) atoms. The molecule has 1 aromatic rings. The fraction of sp³-hybridized carbons (Fsp3) is 0.333. The van der Waals surface area contributed by atoms with Crippen LogP contribution in [-0.4, -0.2) is 18.4 Å². The van der Waals surface area contributed by atoms with E-state index < -0.39 is 5.97 Å². The van der Waals surface area contributed by atoms with E-state index in [1.807, 2.05) is 13.0 Å². The number of ether oxygens (including phenoxy) is 1. The van der Waals surface area contributed by atoms with Gasteiger partial charge < -0.3 is 4.74 Å². The summed E-state index contributed by atoms with van der Waals surface area (Å²) in [5, 5.41) is 0. The zero-order chi connectivity index (χ0) is 13.4. The summed E-state index contributed by atoms with van der Waals surface area (Å²) in [6.07, 6.45) is 3.92. The predicted molar refractivity (Wildman–Crippen MR) is 71.3 cm³/mol. The fourth-order valence-electron chi connectivity index (χ4n) is 1.47. The molecule has 0 bridgehead atoms. The predicted octanol–water partition coefficient (Wildman–Crippen LogP) is 3.25. The quantitative estimate of drug-likeness (QED) is 0.694. The van der Waals surface area contributed by atoms with E-state index >= 15 is 0 Å². The third-order valence-electron chi connectivity index (χ3n) is 2.53. The van der Waals surface area contributed by atoms with Crippen LogP contribution in [-0.2, 0) is 9.53 Å². The number of carbonyl (C=O) groups excluding carboxylic acids is 2. The Morgan fingerprint density at radius 1 is 1.39 bits per heavy atom. The molecule has 3 nitrogen and oxygen atoms in total. The minimum atomic E-state index is -0.469. The van der Waals surface area contributed by atoms with Crippen LogP contribution in [0.3, 0.4) is 0 Å². The van der Waals surface area contributed by atoms with Gasteiger partial charge >= 0.3 is 5.97 Å². The maximum atomic E-state index is 11.7.